The Morgan fingerprint density at radius 2 is 1.69 bits per heavy atom. The molecule has 0 unspecified atom stereocenters. The molecule has 3 aromatic heterocycles. The minimum absolute atomic E-state index is 0.0306. The van der Waals surface area contributed by atoms with Crippen LogP contribution in [0.25, 0.3) is 11.0 Å². The van der Waals surface area contributed by atoms with E-state index in [0.717, 1.165) is 0 Å². The second kappa shape index (κ2) is 7.73. The minimum atomic E-state index is -0.568. The van der Waals surface area contributed by atoms with Crippen LogP contribution in [0.1, 0.15) is 28.8 Å². The van der Waals surface area contributed by atoms with Gasteiger partial charge in [0.15, 0.2) is 5.52 Å². The molecule has 13 heteroatoms. The number of fused-ring (bicyclic) bond motifs is 1. The van der Waals surface area contributed by atoms with E-state index in [1.54, 1.807) is 21.2 Å². The van der Waals surface area contributed by atoms with Crippen molar-refractivity contribution in [3.8, 4) is 0 Å². The van der Waals surface area contributed by atoms with Crippen LogP contribution >= 0.6 is 0 Å². The molecule has 0 aliphatic carbocycles. The summed E-state index contributed by atoms with van der Waals surface area (Å²) in [7, 11) is 3.25. The number of carbonyl (C=O) groups excluding carboxylic acids is 1. The van der Waals surface area contributed by atoms with Crippen LogP contribution in [0.3, 0.4) is 0 Å². The minimum Gasteiger partial charge on any atom is -0.339 e. The fourth-order valence-electron chi connectivity index (χ4n) is 4.29. The van der Waals surface area contributed by atoms with Crippen LogP contribution in [0, 0.1) is 24.0 Å². The summed E-state index contributed by atoms with van der Waals surface area (Å²) in [5.74, 6) is 0.106. The van der Waals surface area contributed by atoms with Gasteiger partial charge >= 0.3 is 5.69 Å². The Balaban J connectivity index is 1.62. The second-order valence-electron chi connectivity index (χ2n) is 7.81. The van der Waals surface area contributed by atoms with E-state index in [0.29, 0.717) is 55.4 Å². The molecule has 13 nitrogen and oxygen atoms in total. The maximum Gasteiger partial charge on any atom is 0.322 e. The maximum absolute atomic E-state index is 13.1. The van der Waals surface area contributed by atoms with Crippen molar-refractivity contribution in [2.45, 2.75) is 27.3 Å². The fourth-order valence-corrected chi connectivity index (χ4v) is 4.29. The highest BCUT2D eigenvalue weighted by Gasteiger charge is 2.34. The number of nitrogens with zero attached hydrogens (tertiary/aromatic N) is 9. The molecule has 1 aliphatic heterocycles. The smallest absolute Gasteiger partial charge is 0.322 e. The third kappa shape index (κ3) is 3.20. The summed E-state index contributed by atoms with van der Waals surface area (Å²) in [4.78, 5) is 45.3. The van der Waals surface area contributed by atoms with Crippen molar-refractivity contribution < 1.29 is 9.72 Å². The molecule has 1 fully saturated rings. The lowest BCUT2D eigenvalue weighted by atomic mass is 10.2. The van der Waals surface area contributed by atoms with E-state index < -0.39 is 10.8 Å². The molecule has 1 amide bonds. The summed E-state index contributed by atoms with van der Waals surface area (Å²) in [6, 6.07) is 0. The molecule has 0 saturated carbocycles. The fraction of sp³-hybridized carbons (Fsp3) is 0.526. The number of aromatic nitrogens is 6. The van der Waals surface area contributed by atoms with Gasteiger partial charge in [0.05, 0.1) is 10.6 Å². The van der Waals surface area contributed by atoms with Crippen LogP contribution in [0.5, 0.6) is 0 Å². The molecule has 4 heterocycles. The van der Waals surface area contributed by atoms with Crippen LogP contribution in [-0.2, 0) is 20.6 Å². The number of amides is 1. The molecule has 0 radical (unpaired) electrons. The molecule has 1 saturated heterocycles. The van der Waals surface area contributed by atoms with E-state index >= 15 is 0 Å². The highest BCUT2D eigenvalue weighted by Crippen LogP contribution is 2.25. The third-order valence-corrected chi connectivity index (χ3v) is 5.83. The second-order valence-corrected chi connectivity index (χ2v) is 7.81. The van der Waals surface area contributed by atoms with E-state index in [9.17, 15) is 19.7 Å². The van der Waals surface area contributed by atoms with Gasteiger partial charge in [-0.25, -0.2) is 4.98 Å². The van der Waals surface area contributed by atoms with Crippen LogP contribution in [0.4, 0.5) is 11.6 Å². The number of nitro groups is 1. The molecule has 0 bridgehead atoms. The zero-order valence-corrected chi connectivity index (χ0v) is 18.7. The van der Waals surface area contributed by atoms with Crippen LogP contribution < -0.4 is 10.5 Å². The summed E-state index contributed by atoms with van der Waals surface area (Å²) in [6.07, 6.45) is 0. The van der Waals surface area contributed by atoms with Crippen molar-refractivity contribution in [3.63, 3.8) is 0 Å². The maximum atomic E-state index is 13.1. The molecular formula is C19H25N9O4. The highest BCUT2D eigenvalue weighted by molar-refractivity contribution is 5.97. The van der Waals surface area contributed by atoms with Gasteiger partial charge in [-0.3, -0.25) is 33.6 Å². The first-order chi connectivity index (χ1) is 15.1. The average Bonchev–Trinajstić information content (AvgIpc) is 3.21. The standard InChI is InChI=1S/C19H25N9O4/c1-6-27-18(30)15-13(11(2)21-23(15)4)20-19(27)26-9-7-25(8-10-26)17(29)16-14(28(31)32)12(3)22-24(16)5/h6-10H2,1-5H3. The molecule has 32 heavy (non-hydrogen) atoms. The number of hydrogen-bond donors (Lipinski definition) is 0. The van der Waals surface area contributed by atoms with Gasteiger partial charge in [0.25, 0.3) is 11.5 Å². The topological polar surface area (TPSA) is 137 Å². The van der Waals surface area contributed by atoms with Crippen molar-refractivity contribution in [1.29, 1.82) is 0 Å². The van der Waals surface area contributed by atoms with Gasteiger partial charge in [-0.05, 0) is 20.8 Å². The number of rotatable bonds is 4. The lowest BCUT2D eigenvalue weighted by molar-refractivity contribution is -0.385. The molecule has 4 rings (SSSR count). The van der Waals surface area contributed by atoms with Crippen molar-refractivity contribution >= 4 is 28.6 Å². The van der Waals surface area contributed by atoms with Crippen molar-refractivity contribution in [1.82, 2.24) is 34.0 Å². The predicted octanol–water partition coefficient (Wildman–Crippen LogP) is 0.371. The van der Waals surface area contributed by atoms with E-state index in [-0.39, 0.29) is 22.6 Å². The van der Waals surface area contributed by atoms with E-state index in [4.69, 9.17) is 4.98 Å². The summed E-state index contributed by atoms with van der Waals surface area (Å²) in [5.41, 5.74) is 1.45. The van der Waals surface area contributed by atoms with Gasteiger partial charge in [0.2, 0.25) is 11.6 Å². The molecule has 0 atom stereocenters. The summed E-state index contributed by atoms with van der Waals surface area (Å²) in [6.45, 7) is 7.20. The number of anilines is 1. The first-order valence-corrected chi connectivity index (χ1v) is 10.3. The van der Waals surface area contributed by atoms with Crippen molar-refractivity contribution in [3.05, 3.63) is 37.5 Å². The van der Waals surface area contributed by atoms with Crippen LogP contribution in [0.2, 0.25) is 0 Å². The largest absolute Gasteiger partial charge is 0.339 e. The first kappa shape index (κ1) is 21.5. The molecule has 0 aromatic carbocycles. The summed E-state index contributed by atoms with van der Waals surface area (Å²) >= 11 is 0. The Hall–Kier alpha value is -3.77. The van der Waals surface area contributed by atoms with E-state index in [1.807, 2.05) is 18.7 Å². The van der Waals surface area contributed by atoms with Crippen LogP contribution in [0.15, 0.2) is 4.79 Å². The number of carbonyl (C=O) groups is 1. The summed E-state index contributed by atoms with van der Waals surface area (Å²) in [5, 5.41) is 19.8. The molecular weight excluding hydrogens is 418 g/mol. The normalized spacial score (nSPS) is 14.4. The number of aryl methyl sites for hydroxylation is 4. The van der Waals surface area contributed by atoms with Gasteiger partial charge < -0.3 is 9.80 Å². The first-order valence-electron chi connectivity index (χ1n) is 10.3. The molecule has 3 aromatic rings. The monoisotopic (exact) mass is 443 g/mol. The van der Waals surface area contributed by atoms with Gasteiger partial charge in [-0.1, -0.05) is 0 Å². The summed E-state index contributed by atoms with van der Waals surface area (Å²) < 4.78 is 4.42. The SMILES string of the molecule is CCn1c(N2CCN(C(=O)c3c([N+](=O)[O-])c(C)nn3C)CC2)nc2c(C)nn(C)c2c1=O. The molecule has 0 N–H and O–H groups in total. The molecule has 1 aliphatic rings. The Bertz CT molecular complexity index is 1290. The van der Waals surface area contributed by atoms with Crippen molar-refractivity contribution in [2.24, 2.45) is 14.1 Å². The highest BCUT2D eigenvalue weighted by atomic mass is 16.6. The third-order valence-electron chi connectivity index (χ3n) is 5.83. The Labute approximate surface area is 183 Å². The zero-order chi connectivity index (χ0) is 23.3. The van der Waals surface area contributed by atoms with Crippen molar-refractivity contribution in [2.75, 3.05) is 31.1 Å². The number of piperazine rings is 1. The van der Waals surface area contributed by atoms with E-state index in [2.05, 4.69) is 10.2 Å². The van der Waals surface area contributed by atoms with Gasteiger partial charge in [-0.15, -0.1) is 0 Å². The zero-order valence-electron chi connectivity index (χ0n) is 18.7. The van der Waals surface area contributed by atoms with Gasteiger partial charge in [0, 0.05) is 46.8 Å². The van der Waals surface area contributed by atoms with Gasteiger partial charge in [0.1, 0.15) is 11.2 Å². The lowest BCUT2D eigenvalue weighted by Gasteiger charge is -2.35. The quantitative estimate of drug-likeness (QED) is 0.417. The Kier molecular flexibility index (Phi) is 5.18. The van der Waals surface area contributed by atoms with Crippen LogP contribution in [-0.4, -0.2) is 71.0 Å². The predicted molar refractivity (Wildman–Crippen MR) is 116 cm³/mol. The Morgan fingerprint density at radius 3 is 2.28 bits per heavy atom. The Morgan fingerprint density at radius 1 is 1.06 bits per heavy atom. The van der Waals surface area contributed by atoms with Gasteiger partial charge in [-0.2, -0.15) is 10.2 Å². The number of hydrogen-bond acceptors (Lipinski definition) is 8. The molecule has 0 spiro atoms. The van der Waals surface area contributed by atoms with E-state index in [1.165, 1.54) is 18.7 Å². The molecule has 170 valence electrons. The lowest BCUT2D eigenvalue weighted by Crippen LogP contribution is -2.50. The average molecular weight is 443 g/mol.